The van der Waals surface area contributed by atoms with E-state index >= 15 is 0 Å². The van der Waals surface area contributed by atoms with Gasteiger partial charge >= 0.3 is 0 Å². The summed E-state index contributed by atoms with van der Waals surface area (Å²) in [5.74, 6) is 1.14. The van der Waals surface area contributed by atoms with E-state index in [0.717, 1.165) is 25.7 Å². The Kier molecular flexibility index (Phi) is 4.59. The number of halogens is 1. The Morgan fingerprint density at radius 3 is 2.70 bits per heavy atom. The molecule has 4 heteroatoms. The van der Waals surface area contributed by atoms with Crippen LogP contribution in [-0.2, 0) is 0 Å². The number of aromatic hydroxyl groups is 1. The minimum atomic E-state index is -0.303. The number of amides is 1. The fourth-order valence-corrected chi connectivity index (χ4v) is 3.12. The topological polar surface area (TPSA) is 49.3 Å². The lowest BCUT2D eigenvalue weighted by atomic mass is 9.78. The van der Waals surface area contributed by atoms with Crippen LogP contribution in [0.1, 0.15) is 48.5 Å². The van der Waals surface area contributed by atoms with Crippen molar-refractivity contribution in [2.75, 3.05) is 5.88 Å². The molecule has 0 aliphatic heterocycles. The summed E-state index contributed by atoms with van der Waals surface area (Å²) in [6, 6.07) is 5.01. The van der Waals surface area contributed by atoms with Gasteiger partial charge in [0.05, 0.1) is 5.54 Å². The highest BCUT2D eigenvalue weighted by molar-refractivity contribution is 6.19. The van der Waals surface area contributed by atoms with Crippen molar-refractivity contribution in [1.82, 2.24) is 5.32 Å². The Bertz CT molecular complexity index is 493. The highest BCUT2D eigenvalue weighted by Crippen LogP contribution is 2.33. The van der Waals surface area contributed by atoms with E-state index in [4.69, 9.17) is 11.6 Å². The van der Waals surface area contributed by atoms with Gasteiger partial charge in [0.15, 0.2) is 0 Å². The van der Waals surface area contributed by atoms with Crippen molar-refractivity contribution < 1.29 is 9.90 Å². The predicted octanol–water partition coefficient (Wildman–Crippen LogP) is 3.62. The fraction of sp³-hybridized carbons (Fsp3) is 0.562. The molecule has 20 heavy (non-hydrogen) atoms. The lowest BCUT2D eigenvalue weighted by molar-refractivity contribution is 0.0871. The van der Waals surface area contributed by atoms with Crippen molar-refractivity contribution in [2.24, 2.45) is 5.92 Å². The van der Waals surface area contributed by atoms with Gasteiger partial charge in [-0.2, -0.15) is 0 Å². The van der Waals surface area contributed by atoms with E-state index in [1.54, 1.807) is 25.1 Å². The molecule has 0 radical (unpaired) electrons. The number of hydrogen-bond acceptors (Lipinski definition) is 2. The quantitative estimate of drug-likeness (QED) is 0.837. The minimum absolute atomic E-state index is 0.145. The first-order chi connectivity index (χ1) is 9.47. The van der Waals surface area contributed by atoms with Gasteiger partial charge in [0.25, 0.3) is 5.91 Å². The monoisotopic (exact) mass is 295 g/mol. The number of benzene rings is 1. The van der Waals surface area contributed by atoms with Crippen LogP contribution in [-0.4, -0.2) is 22.4 Å². The Morgan fingerprint density at radius 2 is 2.10 bits per heavy atom. The van der Waals surface area contributed by atoms with E-state index < -0.39 is 0 Å². The Hall–Kier alpha value is -1.22. The molecule has 2 N–H and O–H groups in total. The molecule has 0 aromatic heterocycles. The number of nitrogens with one attached hydrogen (secondary N) is 1. The van der Waals surface area contributed by atoms with Gasteiger partial charge in [-0.1, -0.05) is 13.0 Å². The highest BCUT2D eigenvalue weighted by Gasteiger charge is 2.35. The molecule has 1 aliphatic rings. The lowest BCUT2D eigenvalue weighted by Gasteiger charge is -2.38. The number of phenols is 1. The summed E-state index contributed by atoms with van der Waals surface area (Å²) in [5.41, 5.74) is 0.829. The van der Waals surface area contributed by atoms with E-state index in [-0.39, 0.29) is 17.2 Å². The van der Waals surface area contributed by atoms with Gasteiger partial charge in [0, 0.05) is 17.0 Å². The zero-order valence-electron chi connectivity index (χ0n) is 12.1. The first kappa shape index (κ1) is 15.2. The van der Waals surface area contributed by atoms with Crippen LogP contribution in [0.4, 0.5) is 0 Å². The second-order valence-corrected chi connectivity index (χ2v) is 6.27. The molecule has 110 valence electrons. The largest absolute Gasteiger partial charge is 0.508 e. The molecular weight excluding hydrogens is 274 g/mol. The van der Waals surface area contributed by atoms with Gasteiger partial charge in [-0.15, -0.1) is 11.6 Å². The first-order valence-corrected chi connectivity index (χ1v) is 7.68. The van der Waals surface area contributed by atoms with Crippen LogP contribution in [0.15, 0.2) is 18.2 Å². The van der Waals surface area contributed by atoms with E-state index in [0.29, 0.717) is 22.9 Å². The van der Waals surface area contributed by atoms with Crippen LogP contribution < -0.4 is 5.32 Å². The summed E-state index contributed by atoms with van der Waals surface area (Å²) < 4.78 is 0. The normalized spacial score (nSPS) is 26.2. The Balaban J connectivity index is 2.15. The van der Waals surface area contributed by atoms with Gasteiger partial charge in [-0.3, -0.25) is 4.79 Å². The summed E-state index contributed by atoms with van der Waals surface area (Å²) in [4.78, 5) is 12.5. The van der Waals surface area contributed by atoms with Crippen LogP contribution >= 0.6 is 11.6 Å². The van der Waals surface area contributed by atoms with E-state index in [1.165, 1.54) is 0 Å². The summed E-state index contributed by atoms with van der Waals surface area (Å²) in [6.07, 6.45) is 4.01. The maximum absolute atomic E-state index is 12.5. The van der Waals surface area contributed by atoms with Crippen LogP contribution in [0.3, 0.4) is 0 Å². The number of carbonyl (C=O) groups excluding carboxylic acids is 1. The molecule has 0 spiro atoms. The third-order valence-electron chi connectivity index (χ3n) is 4.42. The third kappa shape index (κ3) is 3.09. The van der Waals surface area contributed by atoms with Gasteiger partial charge in [0.2, 0.25) is 0 Å². The van der Waals surface area contributed by atoms with Crippen molar-refractivity contribution in [3.8, 4) is 5.75 Å². The molecule has 1 saturated carbocycles. The Morgan fingerprint density at radius 1 is 1.45 bits per heavy atom. The molecule has 1 aliphatic carbocycles. The molecule has 1 aromatic carbocycles. The van der Waals surface area contributed by atoms with E-state index in [9.17, 15) is 9.90 Å². The van der Waals surface area contributed by atoms with Crippen molar-refractivity contribution in [2.45, 2.75) is 45.1 Å². The van der Waals surface area contributed by atoms with E-state index in [2.05, 4.69) is 12.2 Å². The molecule has 0 bridgehead atoms. The van der Waals surface area contributed by atoms with Gasteiger partial charge in [-0.25, -0.2) is 0 Å². The van der Waals surface area contributed by atoms with Crippen molar-refractivity contribution in [1.29, 1.82) is 0 Å². The number of phenolic OH excluding ortho intramolecular Hbond substituents is 1. The summed E-state index contributed by atoms with van der Waals surface area (Å²) in [7, 11) is 0. The average Bonchev–Trinajstić information content (AvgIpc) is 2.44. The summed E-state index contributed by atoms with van der Waals surface area (Å²) >= 11 is 6.12. The minimum Gasteiger partial charge on any atom is -0.508 e. The maximum Gasteiger partial charge on any atom is 0.252 e. The standard InChI is InChI=1S/C16H22ClNO2/c1-11-6-8-16(10-17,9-7-11)18-15(20)13-4-3-5-14(19)12(13)2/h3-5,11,19H,6-10H2,1-2H3,(H,18,20). The lowest BCUT2D eigenvalue weighted by Crippen LogP contribution is -2.52. The number of carbonyl (C=O) groups is 1. The molecule has 3 nitrogen and oxygen atoms in total. The summed E-state index contributed by atoms with van der Waals surface area (Å²) in [5, 5.41) is 12.8. The zero-order valence-corrected chi connectivity index (χ0v) is 12.8. The first-order valence-electron chi connectivity index (χ1n) is 7.14. The number of alkyl halides is 1. The fourth-order valence-electron chi connectivity index (χ4n) is 2.78. The molecule has 0 unspecified atom stereocenters. The smallest absolute Gasteiger partial charge is 0.252 e. The molecule has 0 heterocycles. The predicted molar refractivity (Wildman–Crippen MR) is 81.4 cm³/mol. The molecule has 0 saturated heterocycles. The molecule has 0 atom stereocenters. The van der Waals surface area contributed by atoms with Crippen LogP contribution in [0, 0.1) is 12.8 Å². The third-order valence-corrected chi connectivity index (χ3v) is 4.93. The van der Waals surface area contributed by atoms with Crippen LogP contribution in [0.2, 0.25) is 0 Å². The number of rotatable bonds is 3. The zero-order chi connectivity index (χ0) is 14.8. The second-order valence-electron chi connectivity index (χ2n) is 6.00. The molecule has 2 rings (SSSR count). The van der Waals surface area contributed by atoms with Crippen molar-refractivity contribution >= 4 is 17.5 Å². The molecular formula is C16H22ClNO2. The van der Waals surface area contributed by atoms with Crippen molar-refractivity contribution in [3.05, 3.63) is 29.3 Å². The Labute approximate surface area is 125 Å². The van der Waals surface area contributed by atoms with Crippen LogP contribution in [0.25, 0.3) is 0 Å². The summed E-state index contributed by atoms with van der Waals surface area (Å²) in [6.45, 7) is 3.99. The second kappa shape index (κ2) is 6.04. The number of hydrogen-bond donors (Lipinski definition) is 2. The van der Waals surface area contributed by atoms with Gasteiger partial charge < -0.3 is 10.4 Å². The molecule has 1 amide bonds. The van der Waals surface area contributed by atoms with E-state index in [1.807, 2.05) is 0 Å². The maximum atomic E-state index is 12.5. The van der Waals surface area contributed by atoms with Gasteiger partial charge in [0.1, 0.15) is 5.75 Å². The molecule has 1 aromatic rings. The van der Waals surface area contributed by atoms with Crippen molar-refractivity contribution in [3.63, 3.8) is 0 Å². The highest BCUT2D eigenvalue weighted by atomic mass is 35.5. The average molecular weight is 296 g/mol. The SMILES string of the molecule is Cc1c(O)cccc1C(=O)NC1(CCl)CCC(C)CC1. The van der Waals surface area contributed by atoms with Gasteiger partial charge in [-0.05, 0) is 50.7 Å². The molecule has 1 fully saturated rings. The van der Waals surface area contributed by atoms with Crippen LogP contribution in [0.5, 0.6) is 5.75 Å².